The van der Waals surface area contributed by atoms with Crippen LogP contribution in [-0.4, -0.2) is 30.1 Å². The molecule has 0 aliphatic rings. The van der Waals surface area contributed by atoms with E-state index in [2.05, 4.69) is 19.7 Å². The van der Waals surface area contributed by atoms with Crippen molar-refractivity contribution in [3.05, 3.63) is 47.3 Å². The second-order valence-corrected chi connectivity index (χ2v) is 6.23. The average molecular weight is 296 g/mol. The molecule has 0 bridgehead atoms. The molecule has 1 aromatic heterocycles. The van der Waals surface area contributed by atoms with Gasteiger partial charge in [0.2, 0.25) is 0 Å². The molecule has 0 fully saturated rings. The first-order valence-corrected chi connectivity index (χ1v) is 7.46. The Balaban J connectivity index is 1.97. The number of nitrogens with one attached hydrogen (secondary N) is 1. The molecule has 0 aliphatic carbocycles. The Morgan fingerprint density at radius 3 is 2.55 bits per heavy atom. The molecule has 0 radical (unpaired) electrons. The van der Waals surface area contributed by atoms with E-state index >= 15 is 0 Å². The molecule has 8 heteroatoms. The van der Waals surface area contributed by atoms with Crippen molar-refractivity contribution in [3.8, 4) is 0 Å². The fourth-order valence-corrected chi connectivity index (χ4v) is 2.43. The number of rotatable bonds is 6. The summed E-state index contributed by atoms with van der Waals surface area (Å²) in [4.78, 5) is 0. The predicted molar refractivity (Wildman–Crippen MR) is 72.7 cm³/mol. The van der Waals surface area contributed by atoms with Gasteiger partial charge in [-0.2, -0.15) is 17.4 Å². The minimum absolute atomic E-state index is 0.111. The van der Waals surface area contributed by atoms with Crippen molar-refractivity contribution in [2.45, 2.75) is 20.0 Å². The molecule has 7 nitrogen and oxygen atoms in total. The van der Waals surface area contributed by atoms with Gasteiger partial charge in [0.1, 0.15) is 11.4 Å². The summed E-state index contributed by atoms with van der Waals surface area (Å²) in [6, 6.07) is 9.31. The summed E-state index contributed by atoms with van der Waals surface area (Å²) in [5.74, 6) is 0. The Bertz CT molecular complexity index is 654. The number of nitrogens with zero attached hydrogens (tertiary/aromatic N) is 3. The number of aromatic nitrogens is 2. The molecule has 0 aliphatic heterocycles. The molecule has 0 unspecified atom stereocenters. The highest BCUT2D eigenvalue weighted by molar-refractivity contribution is 7.87. The fraction of sp³-hybridized carbons (Fsp3) is 0.333. The van der Waals surface area contributed by atoms with Crippen LogP contribution in [-0.2, 0) is 23.3 Å². The van der Waals surface area contributed by atoms with Gasteiger partial charge >= 0.3 is 0 Å². The Morgan fingerprint density at radius 2 is 1.95 bits per heavy atom. The molecule has 2 aromatic rings. The highest BCUT2D eigenvalue weighted by atomic mass is 32.2. The largest absolute Gasteiger partial charge is 0.279 e. The van der Waals surface area contributed by atoms with E-state index in [0.717, 1.165) is 5.56 Å². The smallest absolute Gasteiger partial charge is 0.244 e. The van der Waals surface area contributed by atoms with Gasteiger partial charge < -0.3 is 0 Å². The van der Waals surface area contributed by atoms with Gasteiger partial charge in [0, 0.05) is 13.6 Å². The number of aryl methyl sites for hydroxylation is 1. The molecule has 0 spiro atoms. The van der Waals surface area contributed by atoms with Gasteiger partial charge in [-0.25, -0.2) is 4.63 Å². The van der Waals surface area contributed by atoms with Crippen molar-refractivity contribution in [1.29, 1.82) is 0 Å². The van der Waals surface area contributed by atoms with Gasteiger partial charge in [0.25, 0.3) is 10.2 Å². The van der Waals surface area contributed by atoms with Crippen LogP contribution in [0.4, 0.5) is 0 Å². The second kappa shape index (κ2) is 6.12. The third kappa shape index (κ3) is 3.62. The van der Waals surface area contributed by atoms with Crippen LogP contribution < -0.4 is 4.72 Å². The molecule has 1 aromatic carbocycles. The van der Waals surface area contributed by atoms with E-state index in [1.165, 1.54) is 11.4 Å². The Hall–Kier alpha value is -1.77. The maximum atomic E-state index is 12.1. The van der Waals surface area contributed by atoms with E-state index < -0.39 is 10.2 Å². The summed E-state index contributed by atoms with van der Waals surface area (Å²) in [5, 5.41) is 7.28. The van der Waals surface area contributed by atoms with Crippen LogP contribution in [0.15, 0.2) is 35.0 Å². The van der Waals surface area contributed by atoms with E-state index in [0.29, 0.717) is 11.4 Å². The van der Waals surface area contributed by atoms with Crippen LogP contribution in [0.25, 0.3) is 0 Å². The molecule has 1 heterocycles. The lowest BCUT2D eigenvalue weighted by Crippen LogP contribution is -2.37. The van der Waals surface area contributed by atoms with Crippen molar-refractivity contribution in [1.82, 2.24) is 19.3 Å². The topological polar surface area (TPSA) is 88.3 Å². The van der Waals surface area contributed by atoms with Crippen molar-refractivity contribution in [2.24, 2.45) is 0 Å². The van der Waals surface area contributed by atoms with Gasteiger partial charge in [-0.05, 0) is 12.5 Å². The van der Waals surface area contributed by atoms with Crippen LogP contribution in [0.3, 0.4) is 0 Å². The Kier molecular flexibility index (Phi) is 4.48. The fourth-order valence-electron chi connectivity index (χ4n) is 1.57. The molecular weight excluding hydrogens is 280 g/mol. The number of benzene rings is 1. The van der Waals surface area contributed by atoms with Crippen LogP contribution in [0.1, 0.15) is 17.0 Å². The Morgan fingerprint density at radius 1 is 1.25 bits per heavy atom. The highest BCUT2D eigenvalue weighted by Gasteiger charge is 2.20. The minimum Gasteiger partial charge on any atom is -0.244 e. The first kappa shape index (κ1) is 14.6. The van der Waals surface area contributed by atoms with E-state index in [1.807, 2.05) is 30.3 Å². The Labute approximate surface area is 117 Å². The third-order valence-electron chi connectivity index (χ3n) is 2.83. The number of hydrogen-bond acceptors (Lipinski definition) is 5. The van der Waals surface area contributed by atoms with Crippen LogP contribution in [0, 0.1) is 6.92 Å². The van der Waals surface area contributed by atoms with E-state index in [-0.39, 0.29) is 13.1 Å². The molecule has 0 saturated carbocycles. The van der Waals surface area contributed by atoms with Crippen molar-refractivity contribution >= 4 is 10.2 Å². The second-order valence-electron chi connectivity index (χ2n) is 4.36. The average Bonchev–Trinajstić information content (AvgIpc) is 2.83. The molecule has 1 N–H and O–H groups in total. The SMILES string of the molecule is Cc1nonc1CN(C)S(=O)(=O)NCc1ccccc1. The molecule has 20 heavy (non-hydrogen) atoms. The lowest BCUT2D eigenvalue weighted by Gasteiger charge is -2.16. The molecular formula is C12H16N4O3S. The van der Waals surface area contributed by atoms with E-state index in [4.69, 9.17) is 0 Å². The summed E-state index contributed by atoms with van der Waals surface area (Å²) in [6.45, 7) is 2.06. The zero-order chi connectivity index (χ0) is 14.6. The van der Waals surface area contributed by atoms with E-state index in [9.17, 15) is 8.42 Å². The third-order valence-corrected chi connectivity index (χ3v) is 4.29. The summed E-state index contributed by atoms with van der Waals surface area (Å²) in [5.41, 5.74) is 1.97. The molecule has 0 amide bonds. The summed E-state index contributed by atoms with van der Waals surface area (Å²) in [6.07, 6.45) is 0. The number of hydrogen-bond donors (Lipinski definition) is 1. The van der Waals surface area contributed by atoms with Crippen LogP contribution in [0.2, 0.25) is 0 Å². The van der Waals surface area contributed by atoms with Gasteiger partial charge in [0.15, 0.2) is 0 Å². The standard InChI is InChI=1S/C12H16N4O3S/c1-10-12(15-19-14-10)9-16(2)20(17,18)13-8-11-6-4-3-5-7-11/h3-7,13H,8-9H2,1-2H3. The minimum atomic E-state index is -3.58. The van der Waals surface area contributed by atoms with Crippen LogP contribution >= 0.6 is 0 Å². The van der Waals surface area contributed by atoms with E-state index in [1.54, 1.807) is 6.92 Å². The van der Waals surface area contributed by atoms with Crippen molar-refractivity contribution < 1.29 is 13.0 Å². The summed E-state index contributed by atoms with van der Waals surface area (Å²) >= 11 is 0. The van der Waals surface area contributed by atoms with Gasteiger partial charge in [-0.1, -0.05) is 40.6 Å². The quantitative estimate of drug-likeness (QED) is 0.853. The predicted octanol–water partition coefficient (Wildman–Crippen LogP) is 0.844. The zero-order valence-electron chi connectivity index (χ0n) is 11.3. The first-order valence-electron chi connectivity index (χ1n) is 6.02. The monoisotopic (exact) mass is 296 g/mol. The summed E-state index contributed by atoms with van der Waals surface area (Å²) < 4.78 is 32.4. The maximum absolute atomic E-state index is 12.1. The van der Waals surface area contributed by atoms with Gasteiger partial charge in [-0.3, -0.25) is 0 Å². The zero-order valence-corrected chi connectivity index (χ0v) is 12.1. The van der Waals surface area contributed by atoms with Crippen molar-refractivity contribution in [2.75, 3.05) is 7.05 Å². The highest BCUT2D eigenvalue weighted by Crippen LogP contribution is 2.07. The van der Waals surface area contributed by atoms with Gasteiger partial charge in [-0.15, -0.1) is 0 Å². The molecule has 108 valence electrons. The molecule has 2 rings (SSSR count). The lowest BCUT2D eigenvalue weighted by molar-refractivity contribution is 0.297. The van der Waals surface area contributed by atoms with Crippen molar-refractivity contribution in [3.63, 3.8) is 0 Å². The lowest BCUT2D eigenvalue weighted by atomic mass is 10.2. The molecule has 0 saturated heterocycles. The normalized spacial score (nSPS) is 11.9. The van der Waals surface area contributed by atoms with Gasteiger partial charge in [0.05, 0.1) is 6.54 Å². The first-order chi connectivity index (χ1) is 9.49. The maximum Gasteiger partial charge on any atom is 0.279 e. The summed E-state index contributed by atoms with van der Waals surface area (Å²) in [7, 11) is -2.10. The molecule has 0 atom stereocenters. The van der Waals surface area contributed by atoms with Crippen LogP contribution in [0.5, 0.6) is 0 Å².